The minimum atomic E-state index is -0.513. The lowest BCUT2D eigenvalue weighted by Gasteiger charge is -2.14. The molecule has 3 heterocycles. The molecule has 0 aliphatic carbocycles. The molecular formula is C26H18FN5O2S. The zero-order chi connectivity index (χ0) is 23.9. The molecule has 3 aromatic carbocycles. The Kier molecular flexibility index (Phi) is 5.11. The molecule has 0 spiro atoms. The van der Waals surface area contributed by atoms with Crippen molar-refractivity contribution in [1.82, 2.24) is 20.2 Å². The summed E-state index contributed by atoms with van der Waals surface area (Å²) in [4.78, 5) is 34.2. The Labute approximate surface area is 203 Å². The number of amides is 2. The highest BCUT2D eigenvalue weighted by Gasteiger charge is 2.25. The lowest BCUT2D eigenvalue weighted by atomic mass is 10.00. The van der Waals surface area contributed by atoms with Gasteiger partial charge in [0.25, 0.3) is 5.91 Å². The first-order valence-corrected chi connectivity index (χ1v) is 11.8. The lowest BCUT2D eigenvalue weighted by molar-refractivity contribution is -0.118. The van der Waals surface area contributed by atoms with Gasteiger partial charge in [0, 0.05) is 34.1 Å². The number of pyridine rings is 1. The van der Waals surface area contributed by atoms with Crippen LogP contribution in [-0.4, -0.2) is 39.9 Å². The summed E-state index contributed by atoms with van der Waals surface area (Å²) in [5.74, 6) is -1.13. The number of hydrogen-bond donors (Lipinski definition) is 2. The highest BCUT2D eigenvalue weighted by Crippen LogP contribution is 2.32. The van der Waals surface area contributed by atoms with E-state index in [1.807, 2.05) is 48.0 Å². The van der Waals surface area contributed by atoms with Crippen LogP contribution in [-0.2, 0) is 4.79 Å². The van der Waals surface area contributed by atoms with Crippen LogP contribution in [0.4, 0.5) is 15.8 Å². The molecule has 0 bridgehead atoms. The second-order valence-corrected chi connectivity index (χ2v) is 9.09. The van der Waals surface area contributed by atoms with E-state index >= 15 is 4.39 Å². The number of nitrogens with zero attached hydrogens (tertiary/aromatic N) is 3. The highest BCUT2D eigenvalue weighted by atomic mass is 32.1. The van der Waals surface area contributed by atoms with Gasteiger partial charge in [0.1, 0.15) is 12.4 Å². The minimum Gasteiger partial charge on any atom is -0.355 e. The molecule has 5 aromatic rings. The summed E-state index contributed by atoms with van der Waals surface area (Å²) in [6, 6.07) is 17.8. The maximum Gasteiger partial charge on any atom is 0.255 e. The van der Waals surface area contributed by atoms with Crippen LogP contribution in [0.15, 0.2) is 72.4 Å². The lowest BCUT2D eigenvalue weighted by Crippen LogP contribution is -2.29. The topological polar surface area (TPSA) is 87.2 Å². The third-order valence-corrected chi connectivity index (χ3v) is 6.78. The number of anilines is 2. The van der Waals surface area contributed by atoms with Crippen molar-refractivity contribution < 1.29 is 14.0 Å². The molecule has 0 saturated carbocycles. The normalized spacial score (nSPS) is 13.4. The Bertz CT molecular complexity index is 1630. The average molecular weight is 484 g/mol. The molecule has 1 aliphatic rings. The van der Waals surface area contributed by atoms with Crippen molar-refractivity contribution in [2.75, 3.05) is 18.5 Å². The summed E-state index contributed by atoms with van der Waals surface area (Å²) in [6.07, 6.45) is 1.73. The molecule has 1 fully saturated rings. The predicted octanol–water partition coefficient (Wildman–Crippen LogP) is 4.92. The number of fused-ring (bicyclic) bond motifs is 2. The van der Waals surface area contributed by atoms with Crippen molar-refractivity contribution in [2.24, 2.45) is 0 Å². The number of thiazole rings is 1. The summed E-state index contributed by atoms with van der Waals surface area (Å²) in [6.45, 7) is 0.106. The highest BCUT2D eigenvalue weighted by molar-refractivity contribution is 7.16. The van der Waals surface area contributed by atoms with E-state index in [1.54, 1.807) is 29.7 Å². The Balaban J connectivity index is 1.33. The van der Waals surface area contributed by atoms with Gasteiger partial charge in [-0.1, -0.05) is 12.1 Å². The first-order valence-electron chi connectivity index (χ1n) is 10.9. The molecule has 0 atom stereocenters. The van der Waals surface area contributed by atoms with Crippen molar-refractivity contribution in [3.63, 3.8) is 0 Å². The van der Waals surface area contributed by atoms with Crippen LogP contribution >= 0.6 is 11.3 Å². The van der Waals surface area contributed by atoms with Gasteiger partial charge in [-0.15, -0.1) is 11.3 Å². The van der Waals surface area contributed by atoms with E-state index < -0.39 is 5.82 Å². The first kappa shape index (κ1) is 21.2. The van der Waals surface area contributed by atoms with Gasteiger partial charge in [-0.3, -0.25) is 14.6 Å². The molecule has 172 valence electrons. The van der Waals surface area contributed by atoms with Crippen molar-refractivity contribution >= 4 is 55.6 Å². The number of halogens is 1. The number of hydrogen-bond acceptors (Lipinski definition) is 6. The Morgan fingerprint density at radius 3 is 2.77 bits per heavy atom. The average Bonchev–Trinajstić information content (AvgIpc) is 3.52. The smallest absolute Gasteiger partial charge is 0.255 e. The predicted molar refractivity (Wildman–Crippen MR) is 134 cm³/mol. The van der Waals surface area contributed by atoms with Crippen LogP contribution in [0.25, 0.3) is 32.2 Å². The number of carbonyl (C=O) groups excluding carboxylic acids is 2. The van der Waals surface area contributed by atoms with E-state index in [0.29, 0.717) is 11.1 Å². The second-order valence-electron chi connectivity index (χ2n) is 8.21. The van der Waals surface area contributed by atoms with Crippen LogP contribution in [0.5, 0.6) is 0 Å². The van der Waals surface area contributed by atoms with Crippen LogP contribution in [0, 0.1) is 5.82 Å². The molecule has 7 nitrogen and oxygen atoms in total. The third-order valence-electron chi connectivity index (χ3n) is 5.97. The Hall–Kier alpha value is -4.37. The second kappa shape index (κ2) is 8.44. The standard InChI is InChI=1S/C26H18FN5O2S/c27-20-10-16(26(34)32-12-25(33)29-13-32)1-4-18(20)15-2-5-21-19(9-15)22(7-8-28-21)31-17-3-6-24-23(11-17)30-14-35-24/h1-11,14H,12-13H2,(H,28,31)(H,29,33). The summed E-state index contributed by atoms with van der Waals surface area (Å²) >= 11 is 1.59. The van der Waals surface area contributed by atoms with Gasteiger partial charge in [-0.2, -0.15) is 0 Å². The largest absolute Gasteiger partial charge is 0.355 e. The van der Waals surface area contributed by atoms with E-state index in [4.69, 9.17) is 0 Å². The van der Waals surface area contributed by atoms with Crippen LogP contribution in [0.2, 0.25) is 0 Å². The molecule has 6 rings (SSSR count). The molecule has 0 unspecified atom stereocenters. The summed E-state index contributed by atoms with van der Waals surface area (Å²) in [5, 5.41) is 6.84. The van der Waals surface area contributed by atoms with E-state index in [-0.39, 0.29) is 30.6 Å². The zero-order valence-electron chi connectivity index (χ0n) is 18.3. The number of rotatable bonds is 4. The molecule has 1 saturated heterocycles. The maximum absolute atomic E-state index is 15.1. The molecule has 2 amide bonds. The maximum atomic E-state index is 15.1. The number of carbonyl (C=O) groups is 2. The van der Waals surface area contributed by atoms with E-state index in [9.17, 15) is 9.59 Å². The molecule has 0 radical (unpaired) electrons. The summed E-state index contributed by atoms with van der Waals surface area (Å²) in [5.41, 5.74) is 6.48. The zero-order valence-corrected chi connectivity index (χ0v) is 19.1. The fourth-order valence-electron chi connectivity index (χ4n) is 4.19. The van der Waals surface area contributed by atoms with Gasteiger partial charge in [-0.25, -0.2) is 9.37 Å². The Morgan fingerprint density at radius 1 is 1.03 bits per heavy atom. The van der Waals surface area contributed by atoms with Crippen molar-refractivity contribution in [2.45, 2.75) is 0 Å². The molecule has 2 N–H and O–H groups in total. The molecule has 35 heavy (non-hydrogen) atoms. The van der Waals surface area contributed by atoms with Crippen molar-refractivity contribution in [3.8, 4) is 11.1 Å². The van der Waals surface area contributed by atoms with E-state index in [1.165, 1.54) is 11.0 Å². The monoisotopic (exact) mass is 483 g/mol. The van der Waals surface area contributed by atoms with Crippen LogP contribution in [0.1, 0.15) is 10.4 Å². The SMILES string of the molecule is O=C1CN(C(=O)c2ccc(-c3ccc4nccc(Nc5ccc6scnc6c5)c4c3)c(F)c2)CN1. The molecule has 1 aliphatic heterocycles. The van der Waals surface area contributed by atoms with Gasteiger partial charge >= 0.3 is 0 Å². The van der Waals surface area contributed by atoms with E-state index in [2.05, 4.69) is 20.6 Å². The van der Waals surface area contributed by atoms with Gasteiger partial charge in [0.2, 0.25) is 5.91 Å². The number of benzene rings is 3. The van der Waals surface area contributed by atoms with Crippen molar-refractivity contribution in [3.05, 3.63) is 83.8 Å². The minimum absolute atomic E-state index is 0.0228. The Morgan fingerprint density at radius 2 is 1.94 bits per heavy atom. The first-order chi connectivity index (χ1) is 17.0. The van der Waals surface area contributed by atoms with Gasteiger partial charge in [0.15, 0.2) is 0 Å². The quantitative estimate of drug-likeness (QED) is 0.379. The summed E-state index contributed by atoms with van der Waals surface area (Å²) < 4.78 is 16.2. The van der Waals surface area contributed by atoms with Gasteiger partial charge < -0.3 is 15.5 Å². The van der Waals surface area contributed by atoms with Gasteiger partial charge in [-0.05, 0) is 54.1 Å². The fraction of sp³-hybridized carbons (Fsp3) is 0.0769. The van der Waals surface area contributed by atoms with Crippen molar-refractivity contribution in [1.29, 1.82) is 0 Å². The number of aromatic nitrogens is 2. The number of nitrogens with one attached hydrogen (secondary N) is 2. The molecular weight excluding hydrogens is 465 g/mol. The van der Waals surface area contributed by atoms with E-state index in [0.717, 1.165) is 32.5 Å². The molecule has 2 aromatic heterocycles. The van der Waals surface area contributed by atoms with Crippen LogP contribution in [0.3, 0.4) is 0 Å². The third kappa shape index (κ3) is 3.95. The molecule has 9 heteroatoms. The van der Waals surface area contributed by atoms with Gasteiger partial charge in [0.05, 0.1) is 27.9 Å². The summed E-state index contributed by atoms with van der Waals surface area (Å²) in [7, 11) is 0. The fourth-order valence-corrected chi connectivity index (χ4v) is 4.85. The van der Waals surface area contributed by atoms with Crippen LogP contribution < -0.4 is 10.6 Å².